The highest BCUT2D eigenvalue weighted by molar-refractivity contribution is 8.27. The second-order valence-corrected chi connectivity index (χ2v) is 9.37. The minimum atomic E-state index is -0.474. The van der Waals surface area contributed by atoms with Crippen LogP contribution in [0.15, 0.2) is 71.6 Å². The molecule has 0 bridgehead atoms. The number of carbonyl (C=O) groups excluding carboxylic acids is 1. The summed E-state index contributed by atoms with van der Waals surface area (Å²) in [6.07, 6.45) is 1.67. The lowest BCUT2D eigenvalue weighted by Crippen LogP contribution is -2.27. The minimum absolute atomic E-state index is 0.0311. The summed E-state index contributed by atoms with van der Waals surface area (Å²) >= 11 is 19.3. The van der Waals surface area contributed by atoms with Gasteiger partial charge in [0, 0.05) is 12.1 Å². The molecule has 0 unspecified atom stereocenters. The van der Waals surface area contributed by atoms with Crippen molar-refractivity contribution in [2.24, 2.45) is 0 Å². The number of hydrogen-bond acceptors (Lipinski definition) is 6. The van der Waals surface area contributed by atoms with Crippen LogP contribution in [0.3, 0.4) is 0 Å². The number of thioether (sulfide) groups is 1. The molecule has 0 spiro atoms. The average Bonchev–Trinajstić information content (AvgIpc) is 3.06. The van der Waals surface area contributed by atoms with E-state index < -0.39 is 4.92 Å². The van der Waals surface area contributed by atoms with Crippen molar-refractivity contribution in [3.63, 3.8) is 0 Å². The van der Waals surface area contributed by atoms with Gasteiger partial charge in [0.15, 0.2) is 10.1 Å². The van der Waals surface area contributed by atoms with Gasteiger partial charge in [0.25, 0.3) is 11.6 Å². The van der Waals surface area contributed by atoms with E-state index >= 15 is 0 Å². The van der Waals surface area contributed by atoms with Crippen molar-refractivity contribution < 1.29 is 14.5 Å². The molecule has 166 valence electrons. The number of non-ortho nitro benzene ring substituents is 1. The van der Waals surface area contributed by atoms with Gasteiger partial charge in [0.1, 0.15) is 6.61 Å². The summed E-state index contributed by atoms with van der Waals surface area (Å²) in [6.45, 7) is 0.0518. The smallest absolute Gasteiger partial charge is 0.270 e. The molecule has 33 heavy (non-hydrogen) atoms. The molecule has 1 aliphatic rings. The van der Waals surface area contributed by atoms with Crippen LogP contribution in [0.25, 0.3) is 6.08 Å². The van der Waals surface area contributed by atoms with Gasteiger partial charge in [-0.25, -0.2) is 0 Å². The van der Waals surface area contributed by atoms with Gasteiger partial charge in [-0.15, -0.1) is 0 Å². The number of amides is 1. The van der Waals surface area contributed by atoms with E-state index in [0.717, 1.165) is 0 Å². The SMILES string of the molecule is O=C1/C(=C\c2cc(Cl)c(OCc3cccc([N+](=O)[O-])c3)c(Cl)c2)SC(=S)N1c1ccccc1. The molecule has 3 aromatic rings. The van der Waals surface area contributed by atoms with Crippen molar-refractivity contribution in [2.45, 2.75) is 6.61 Å². The van der Waals surface area contributed by atoms with Crippen LogP contribution in [0.1, 0.15) is 11.1 Å². The predicted molar refractivity (Wildman–Crippen MR) is 136 cm³/mol. The van der Waals surface area contributed by atoms with Gasteiger partial charge in [-0.3, -0.25) is 19.8 Å². The summed E-state index contributed by atoms with van der Waals surface area (Å²) in [6, 6.07) is 18.5. The quantitative estimate of drug-likeness (QED) is 0.154. The standard InChI is InChI=1S/C23H14Cl2N2O4S2/c24-18-10-15(12-20-22(28)26(23(32)33-20)16-6-2-1-3-7-16)11-19(25)21(18)31-13-14-5-4-8-17(9-14)27(29)30/h1-12H,13H2/b20-12+. The second-order valence-electron chi connectivity index (χ2n) is 6.88. The van der Waals surface area contributed by atoms with Gasteiger partial charge in [0.2, 0.25) is 0 Å². The zero-order chi connectivity index (χ0) is 23.5. The summed E-state index contributed by atoms with van der Waals surface area (Å²) in [4.78, 5) is 25.3. The third-order valence-corrected chi connectivity index (χ3v) is 6.49. The van der Waals surface area contributed by atoms with Crippen LogP contribution < -0.4 is 9.64 Å². The number of nitrogens with zero attached hydrogens (tertiary/aromatic N) is 2. The van der Waals surface area contributed by atoms with Gasteiger partial charge < -0.3 is 4.74 Å². The van der Waals surface area contributed by atoms with E-state index in [4.69, 9.17) is 40.2 Å². The first kappa shape index (κ1) is 23.3. The third kappa shape index (κ3) is 5.20. The molecule has 1 saturated heterocycles. The zero-order valence-corrected chi connectivity index (χ0v) is 19.9. The third-order valence-electron chi connectivity index (χ3n) is 4.63. The highest BCUT2D eigenvalue weighted by Crippen LogP contribution is 2.39. The van der Waals surface area contributed by atoms with Gasteiger partial charge >= 0.3 is 0 Å². The van der Waals surface area contributed by atoms with E-state index in [2.05, 4.69) is 0 Å². The molecule has 0 radical (unpaired) electrons. The van der Waals surface area contributed by atoms with Crippen LogP contribution in [0.2, 0.25) is 10.0 Å². The molecule has 1 fully saturated rings. The fraction of sp³-hybridized carbons (Fsp3) is 0.0435. The molecule has 3 aromatic carbocycles. The number of carbonyl (C=O) groups is 1. The van der Waals surface area contributed by atoms with Crippen molar-refractivity contribution in [2.75, 3.05) is 4.90 Å². The van der Waals surface area contributed by atoms with E-state index in [-0.39, 0.29) is 34.0 Å². The van der Waals surface area contributed by atoms with Gasteiger partial charge in [-0.1, -0.05) is 77.5 Å². The summed E-state index contributed by atoms with van der Waals surface area (Å²) in [5, 5.41) is 11.4. The topological polar surface area (TPSA) is 72.7 Å². The Kier molecular flexibility index (Phi) is 6.99. The number of thiocarbonyl (C=S) groups is 1. The number of benzene rings is 3. The number of halogens is 2. The Morgan fingerprint density at radius 3 is 2.42 bits per heavy atom. The van der Waals surface area contributed by atoms with Crippen LogP contribution in [-0.4, -0.2) is 15.2 Å². The number of nitro benzene ring substituents is 1. The van der Waals surface area contributed by atoms with Crippen molar-refractivity contribution in [3.05, 3.63) is 103 Å². The molecule has 0 atom stereocenters. The maximum absolute atomic E-state index is 12.9. The van der Waals surface area contributed by atoms with E-state index in [1.807, 2.05) is 30.3 Å². The minimum Gasteiger partial charge on any atom is -0.486 e. The molecule has 1 heterocycles. The maximum atomic E-state index is 12.9. The second kappa shape index (κ2) is 9.93. The highest BCUT2D eigenvalue weighted by atomic mass is 35.5. The molecule has 10 heteroatoms. The van der Waals surface area contributed by atoms with Crippen LogP contribution in [0, 0.1) is 10.1 Å². The Hall–Kier alpha value is -2.91. The van der Waals surface area contributed by atoms with Crippen molar-refractivity contribution in [1.82, 2.24) is 0 Å². The lowest BCUT2D eigenvalue weighted by molar-refractivity contribution is -0.384. The lowest BCUT2D eigenvalue weighted by Gasteiger charge is -2.14. The summed E-state index contributed by atoms with van der Waals surface area (Å²) in [5.41, 5.74) is 1.88. The first-order valence-electron chi connectivity index (χ1n) is 9.51. The van der Waals surface area contributed by atoms with Gasteiger partial charge in [0.05, 0.1) is 25.6 Å². The molecule has 0 aliphatic carbocycles. The van der Waals surface area contributed by atoms with Crippen molar-refractivity contribution in [3.8, 4) is 5.75 Å². The Balaban J connectivity index is 1.53. The summed E-state index contributed by atoms with van der Waals surface area (Å²) in [7, 11) is 0. The molecule has 0 saturated carbocycles. The average molecular weight is 517 g/mol. The van der Waals surface area contributed by atoms with E-state index in [0.29, 0.717) is 26.0 Å². The molecular formula is C23H14Cl2N2O4S2. The number of ether oxygens (including phenoxy) is 1. The fourth-order valence-corrected chi connectivity index (χ4v) is 5.05. The largest absolute Gasteiger partial charge is 0.486 e. The first-order valence-corrected chi connectivity index (χ1v) is 11.5. The van der Waals surface area contributed by atoms with E-state index in [9.17, 15) is 14.9 Å². The fourth-order valence-electron chi connectivity index (χ4n) is 3.13. The van der Waals surface area contributed by atoms with Crippen LogP contribution in [-0.2, 0) is 11.4 Å². The first-order chi connectivity index (χ1) is 15.8. The summed E-state index contributed by atoms with van der Waals surface area (Å²) in [5.74, 6) is 0.0215. The lowest BCUT2D eigenvalue weighted by atomic mass is 10.2. The van der Waals surface area contributed by atoms with Crippen LogP contribution >= 0.6 is 47.2 Å². The Morgan fingerprint density at radius 2 is 1.76 bits per heavy atom. The van der Waals surface area contributed by atoms with E-state index in [1.54, 1.807) is 30.3 Å². The summed E-state index contributed by atoms with van der Waals surface area (Å²) < 4.78 is 6.15. The normalized spacial score (nSPS) is 14.7. The number of hydrogen-bond donors (Lipinski definition) is 0. The number of nitro groups is 1. The molecule has 4 rings (SSSR count). The predicted octanol–water partition coefficient (Wildman–Crippen LogP) is 6.89. The molecule has 1 aliphatic heterocycles. The molecule has 1 amide bonds. The van der Waals surface area contributed by atoms with Gasteiger partial charge in [-0.05, 0) is 41.5 Å². The number of para-hydroxylation sites is 1. The van der Waals surface area contributed by atoms with Crippen molar-refractivity contribution in [1.29, 1.82) is 0 Å². The Bertz CT molecular complexity index is 1280. The van der Waals surface area contributed by atoms with Crippen molar-refractivity contribution >= 4 is 74.9 Å². The number of anilines is 1. The van der Waals surface area contributed by atoms with Crippen LogP contribution in [0.5, 0.6) is 5.75 Å². The molecule has 6 nitrogen and oxygen atoms in total. The van der Waals surface area contributed by atoms with Gasteiger partial charge in [-0.2, -0.15) is 0 Å². The monoisotopic (exact) mass is 516 g/mol. The van der Waals surface area contributed by atoms with Crippen LogP contribution in [0.4, 0.5) is 11.4 Å². The van der Waals surface area contributed by atoms with E-state index in [1.165, 1.54) is 28.8 Å². The Morgan fingerprint density at radius 1 is 1.06 bits per heavy atom. The molecule has 0 aromatic heterocycles. The molecule has 0 N–H and O–H groups in total. The highest BCUT2D eigenvalue weighted by Gasteiger charge is 2.33. The zero-order valence-electron chi connectivity index (χ0n) is 16.7. The Labute approximate surface area is 208 Å². The molecular weight excluding hydrogens is 503 g/mol. The number of rotatable bonds is 6. The maximum Gasteiger partial charge on any atom is 0.270 e.